The molecule has 15 heavy (non-hydrogen) atoms. The molecule has 2 rings (SSSR count). The first-order chi connectivity index (χ1) is 7.25. The largest absolute Gasteiger partial charge is 0.508 e. The summed E-state index contributed by atoms with van der Waals surface area (Å²) in [5, 5.41) is 21.9. The first kappa shape index (κ1) is 10.5. The van der Waals surface area contributed by atoms with Gasteiger partial charge in [0.15, 0.2) is 0 Å². The van der Waals surface area contributed by atoms with Gasteiger partial charge in [0, 0.05) is 13.1 Å². The zero-order valence-corrected chi connectivity index (χ0v) is 8.69. The molecule has 1 aromatic rings. The van der Waals surface area contributed by atoms with Crippen molar-refractivity contribution in [3.05, 3.63) is 29.8 Å². The van der Waals surface area contributed by atoms with E-state index in [9.17, 15) is 5.11 Å². The third-order valence-electron chi connectivity index (χ3n) is 2.79. The SMILES string of the molecule is Oc1ccc(CNCC(O)C2CC2)cc1. The van der Waals surface area contributed by atoms with Gasteiger partial charge >= 0.3 is 0 Å². The average Bonchev–Trinajstić information content (AvgIpc) is 3.04. The molecule has 3 N–H and O–H groups in total. The molecule has 0 aromatic heterocycles. The van der Waals surface area contributed by atoms with E-state index >= 15 is 0 Å². The van der Waals surface area contributed by atoms with E-state index in [-0.39, 0.29) is 11.9 Å². The minimum atomic E-state index is -0.192. The summed E-state index contributed by atoms with van der Waals surface area (Å²) in [5.74, 6) is 0.814. The normalized spacial score (nSPS) is 17.7. The maximum absolute atomic E-state index is 9.61. The summed E-state index contributed by atoms with van der Waals surface area (Å²) in [5.41, 5.74) is 1.12. The Hall–Kier alpha value is -1.06. The first-order valence-electron chi connectivity index (χ1n) is 5.42. The Labute approximate surface area is 89.8 Å². The van der Waals surface area contributed by atoms with Gasteiger partial charge in [-0.3, -0.25) is 0 Å². The number of hydrogen-bond donors (Lipinski definition) is 3. The number of aliphatic hydroxyl groups excluding tert-OH is 1. The lowest BCUT2D eigenvalue weighted by molar-refractivity contribution is 0.148. The molecule has 3 nitrogen and oxygen atoms in total. The second-order valence-corrected chi connectivity index (χ2v) is 4.20. The molecule has 3 heteroatoms. The van der Waals surface area contributed by atoms with Crippen molar-refractivity contribution in [2.24, 2.45) is 5.92 Å². The number of aliphatic hydroxyl groups is 1. The van der Waals surface area contributed by atoms with E-state index < -0.39 is 0 Å². The zero-order valence-electron chi connectivity index (χ0n) is 8.69. The molecule has 1 atom stereocenters. The third kappa shape index (κ3) is 3.22. The van der Waals surface area contributed by atoms with Crippen LogP contribution in [0, 0.1) is 5.92 Å². The van der Waals surface area contributed by atoms with Gasteiger partial charge in [0.1, 0.15) is 5.75 Å². The van der Waals surface area contributed by atoms with E-state index in [1.807, 2.05) is 12.1 Å². The van der Waals surface area contributed by atoms with Crippen molar-refractivity contribution in [2.75, 3.05) is 6.54 Å². The van der Waals surface area contributed by atoms with E-state index in [2.05, 4.69) is 5.32 Å². The van der Waals surface area contributed by atoms with Crippen molar-refractivity contribution in [1.82, 2.24) is 5.32 Å². The summed E-state index contributed by atoms with van der Waals surface area (Å²) in [6.45, 7) is 1.40. The van der Waals surface area contributed by atoms with Crippen LogP contribution in [-0.2, 0) is 6.54 Å². The molecule has 1 aliphatic carbocycles. The lowest BCUT2D eigenvalue weighted by Gasteiger charge is -2.10. The van der Waals surface area contributed by atoms with Crippen molar-refractivity contribution in [2.45, 2.75) is 25.5 Å². The predicted molar refractivity (Wildman–Crippen MR) is 58.5 cm³/mol. The first-order valence-corrected chi connectivity index (χ1v) is 5.42. The van der Waals surface area contributed by atoms with Gasteiger partial charge < -0.3 is 15.5 Å². The third-order valence-corrected chi connectivity index (χ3v) is 2.79. The van der Waals surface area contributed by atoms with Crippen LogP contribution in [0.3, 0.4) is 0 Å². The molecular weight excluding hydrogens is 190 g/mol. The van der Waals surface area contributed by atoms with Gasteiger partial charge in [-0.15, -0.1) is 0 Å². The summed E-state index contributed by atoms with van der Waals surface area (Å²) < 4.78 is 0. The van der Waals surface area contributed by atoms with Crippen LogP contribution >= 0.6 is 0 Å². The van der Waals surface area contributed by atoms with E-state index in [0.29, 0.717) is 12.5 Å². The summed E-state index contributed by atoms with van der Waals surface area (Å²) in [4.78, 5) is 0. The fourth-order valence-corrected chi connectivity index (χ4v) is 1.63. The van der Waals surface area contributed by atoms with Crippen molar-refractivity contribution in [3.8, 4) is 5.75 Å². The lowest BCUT2D eigenvalue weighted by atomic mass is 10.2. The quantitative estimate of drug-likeness (QED) is 0.681. The highest BCUT2D eigenvalue weighted by atomic mass is 16.3. The van der Waals surface area contributed by atoms with Crippen molar-refractivity contribution >= 4 is 0 Å². The van der Waals surface area contributed by atoms with Gasteiger partial charge in [0.05, 0.1) is 6.10 Å². The van der Waals surface area contributed by atoms with Crippen LogP contribution in [0.1, 0.15) is 18.4 Å². The Kier molecular flexibility index (Phi) is 3.23. The molecule has 1 fully saturated rings. The highest BCUT2D eigenvalue weighted by molar-refractivity contribution is 5.25. The lowest BCUT2D eigenvalue weighted by Crippen LogP contribution is -2.27. The van der Waals surface area contributed by atoms with E-state index in [4.69, 9.17) is 5.11 Å². The Balaban J connectivity index is 1.70. The summed E-state index contributed by atoms with van der Waals surface area (Å²) >= 11 is 0. The maximum Gasteiger partial charge on any atom is 0.115 e. The standard InChI is InChI=1S/C12H17NO2/c14-11-5-1-9(2-6-11)7-13-8-12(15)10-3-4-10/h1-2,5-6,10,12-15H,3-4,7-8H2. The average molecular weight is 207 g/mol. The summed E-state index contributed by atoms with van der Waals surface area (Å²) in [7, 11) is 0. The van der Waals surface area contributed by atoms with Crippen LogP contribution in [0.15, 0.2) is 24.3 Å². The molecule has 0 amide bonds. The summed E-state index contributed by atoms with van der Waals surface area (Å²) in [6, 6.07) is 7.11. The van der Waals surface area contributed by atoms with Crippen LogP contribution in [0.2, 0.25) is 0 Å². The second-order valence-electron chi connectivity index (χ2n) is 4.20. The summed E-state index contributed by atoms with van der Waals surface area (Å²) in [6.07, 6.45) is 2.14. The number of hydrogen-bond acceptors (Lipinski definition) is 3. The van der Waals surface area contributed by atoms with E-state index in [0.717, 1.165) is 12.1 Å². The predicted octanol–water partition coefficient (Wildman–Crippen LogP) is 1.25. The van der Waals surface area contributed by atoms with Crippen molar-refractivity contribution < 1.29 is 10.2 Å². The smallest absolute Gasteiger partial charge is 0.115 e. The number of phenols is 1. The van der Waals surface area contributed by atoms with Gasteiger partial charge in [0.25, 0.3) is 0 Å². The Morgan fingerprint density at radius 3 is 2.53 bits per heavy atom. The number of aromatic hydroxyl groups is 1. The molecule has 1 aromatic carbocycles. The van der Waals surface area contributed by atoms with Crippen LogP contribution in [-0.4, -0.2) is 22.9 Å². The van der Waals surface area contributed by atoms with Crippen LogP contribution in [0.25, 0.3) is 0 Å². The van der Waals surface area contributed by atoms with Crippen LogP contribution < -0.4 is 5.32 Å². The Morgan fingerprint density at radius 1 is 1.27 bits per heavy atom. The minimum absolute atomic E-state index is 0.192. The number of nitrogens with one attached hydrogen (secondary N) is 1. The van der Waals surface area contributed by atoms with E-state index in [1.165, 1.54) is 12.8 Å². The van der Waals surface area contributed by atoms with Crippen molar-refractivity contribution in [1.29, 1.82) is 0 Å². The number of benzene rings is 1. The van der Waals surface area contributed by atoms with E-state index in [1.54, 1.807) is 12.1 Å². The zero-order chi connectivity index (χ0) is 10.7. The monoisotopic (exact) mass is 207 g/mol. The maximum atomic E-state index is 9.61. The van der Waals surface area contributed by atoms with Crippen LogP contribution in [0.4, 0.5) is 0 Å². The fraction of sp³-hybridized carbons (Fsp3) is 0.500. The van der Waals surface area contributed by atoms with Gasteiger partial charge in [-0.1, -0.05) is 12.1 Å². The Morgan fingerprint density at radius 2 is 1.93 bits per heavy atom. The molecule has 82 valence electrons. The van der Waals surface area contributed by atoms with Gasteiger partial charge in [0.2, 0.25) is 0 Å². The molecule has 1 aliphatic rings. The second kappa shape index (κ2) is 4.64. The molecule has 1 unspecified atom stereocenters. The molecule has 0 aliphatic heterocycles. The molecule has 0 spiro atoms. The molecule has 0 bridgehead atoms. The van der Waals surface area contributed by atoms with Gasteiger partial charge in [-0.25, -0.2) is 0 Å². The van der Waals surface area contributed by atoms with Gasteiger partial charge in [-0.2, -0.15) is 0 Å². The molecule has 1 saturated carbocycles. The van der Waals surface area contributed by atoms with Crippen molar-refractivity contribution in [3.63, 3.8) is 0 Å². The highest BCUT2D eigenvalue weighted by Crippen LogP contribution is 2.32. The van der Waals surface area contributed by atoms with Gasteiger partial charge in [-0.05, 0) is 36.5 Å². The fourth-order valence-electron chi connectivity index (χ4n) is 1.63. The molecular formula is C12H17NO2. The Bertz CT molecular complexity index is 306. The molecule has 0 radical (unpaired) electrons. The highest BCUT2D eigenvalue weighted by Gasteiger charge is 2.28. The van der Waals surface area contributed by atoms with Crippen LogP contribution in [0.5, 0.6) is 5.75 Å². The minimum Gasteiger partial charge on any atom is -0.508 e. The topological polar surface area (TPSA) is 52.5 Å². The molecule has 0 saturated heterocycles. The number of rotatable bonds is 5. The molecule has 0 heterocycles. The number of phenolic OH excluding ortho intramolecular Hbond substituents is 1.